The first-order chi connectivity index (χ1) is 19.1. The number of hydrogen-bond acceptors (Lipinski definition) is 9. The van der Waals surface area contributed by atoms with Gasteiger partial charge in [-0.25, -0.2) is 15.0 Å². The number of aromatic nitrogens is 4. The Balaban J connectivity index is 1.34. The van der Waals surface area contributed by atoms with Crippen molar-refractivity contribution in [3.05, 3.63) is 65.2 Å². The monoisotopic (exact) mass is 597 g/mol. The number of pyridine rings is 1. The molecular formula is C28H32ClN7O2S2. The van der Waals surface area contributed by atoms with E-state index in [0.717, 1.165) is 52.2 Å². The van der Waals surface area contributed by atoms with Crippen LogP contribution >= 0.6 is 23.4 Å². The summed E-state index contributed by atoms with van der Waals surface area (Å²) in [5.74, 6) is 1.98. The van der Waals surface area contributed by atoms with E-state index in [9.17, 15) is 4.55 Å². The first kappa shape index (κ1) is 27.5. The first-order valence-electron chi connectivity index (χ1n) is 13.2. The van der Waals surface area contributed by atoms with Crippen LogP contribution in [0.5, 0.6) is 5.75 Å². The Morgan fingerprint density at radius 3 is 2.80 bits per heavy atom. The number of nitrogens with two attached hydrogens (primary N) is 1. The Morgan fingerprint density at radius 1 is 1.23 bits per heavy atom. The Kier molecular flexibility index (Phi) is 7.07. The summed E-state index contributed by atoms with van der Waals surface area (Å²) in [6.07, 6.45) is 6.87. The van der Waals surface area contributed by atoms with Crippen molar-refractivity contribution in [2.75, 3.05) is 23.7 Å². The van der Waals surface area contributed by atoms with Gasteiger partial charge in [-0.15, -0.1) is 4.72 Å². The molecule has 0 saturated carbocycles. The fraction of sp³-hybridized carbons (Fsp3) is 0.393. The zero-order valence-electron chi connectivity index (χ0n) is 22.8. The van der Waals surface area contributed by atoms with E-state index < -0.39 is 21.7 Å². The van der Waals surface area contributed by atoms with Crippen LogP contribution in [0.15, 0.2) is 58.7 Å². The van der Waals surface area contributed by atoms with Crippen LogP contribution in [0.1, 0.15) is 38.4 Å². The number of ether oxygens (including phenoxy) is 1. The van der Waals surface area contributed by atoms with E-state index in [4.69, 9.17) is 27.1 Å². The van der Waals surface area contributed by atoms with Crippen molar-refractivity contribution in [2.45, 2.75) is 66.7 Å². The van der Waals surface area contributed by atoms with Crippen molar-refractivity contribution in [3.8, 4) is 5.75 Å². The van der Waals surface area contributed by atoms with Crippen LogP contribution in [-0.4, -0.2) is 53.4 Å². The number of hydrogen-bond donors (Lipinski definition) is 2. The third kappa shape index (κ3) is 4.87. The van der Waals surface area contributed by atoms with E-state index in [1.165, 1.54) is 17.3 Å². The summed E-state index contributed by atoms with van der Waals surface area (Å²) in [4.78, 5) is 17.7. The second-order valence-corrected chi connectivity index (χ2v) is 14.7. The van der Waals surface area contributed by atoms with E-state index in [-0.39, 0.29) is 11.9 Å². The summed E-state index contributed by atoms with van der Waals surface area (Å²) >= 11 is 6.65. The highest BCUT2D eigenvalue weighted by atomic mass is 35.5. The SMILES string of the molecule is Cc1nc(N2CCC3(Cc4ccccc4O3)C(N[S+]([O-])C(C)(C)C)C2)n2ccnc2c1Sc1ccnc(N)c1Cl. The number of halogens is 1. The number of piperidine rings is 1. The second-order valence-electron chi connectivity index (χ2n) is 11.3. The second kappa shape index (κ2) is 10.3. The minimum Gasteiger partial charge on any atom is -0.598 e. The third-order valence-electron chi connectivity index (χ3n) is 7.46. The molecule has 1 saturated heterocycles. The minimum atomic E-state index is -1.28. The molecule has 3 aromatic heterocycles. The number of para-hydroxylation sites is 1. The molecule has 5 heterocycles. The zero-order chi connectivity index (χ0) is 28.2. The van der Waals surface area contributed by atoms with Gasteiger partial charge in [0.25, 0.3) is 0 Å². The maximum atomic E-state index is 13.4. The van der Waals surface area contributed by atoms with Gasteiger partial charge in [-0.3, -0.25) is 4.40 Å². The largest absolute Gasteiger partial charge is 0.598 e. The quantitative estimate of drug-likeness (QED) is 0.312. The summed E-state index contributed by atoms with van der Waals surface area (Å²) < 4.78 is 25.0. The molecule has 2 aliphatic rings. The molecule has 1 fully saturated rings. The molecule has 9 nitrogen and oxygen atoms in total. The van der Waals surface area contributed by atoms with E-state index in [2.05, 4.69) is 25.7 Å². The normalized spacial score (nSPS) is 21.6. The van der Waals surface area contributed by atoms with Gasteiger partial charge in [-0.05, 0) is 45.4 Å². The van der Waals surface area contributed by atoms with Crippen LogP contribution in [0, 0.1) is 6.92 Å². The van der Waals surface area contributed by atoms with Gasteiger partial charge in [0.15, 0.2) is 5.65 Å². The highest BCUT2D eigenvalue weighted by Crippen LogP contribution is 2.43. The Bertz CT molecular complexity index is 1550. The summed E-state index contributed by atoms with van der Waals surface area (Å²) in [7, 11) is 0. The number of nitrogen functional groups attached to an aromatic ring is 1. The Hall–Kier alpha value is -2.70. The molecule has 0 bridgehead atoms. The molecular weight excluding hydrogens is 566 g/mol. The summed E-state index contributed by atoms with van der Waals surface area (Å²) in [5.41, 5.74) is 8.25. The molecule has 0 amide bonds. The molecule has 4 aromatic rings. The number of nitrogens with one attached hydrogen (secondary N) is 1. The molecule has 0 aliphatic carbocycles. The molecule has 6 rings (SSSR count). The average molecular weight is 598 g/mol. The maximum Gasteiger partial charge on any atom is 0.211 e. The number of imidazole rings is 1. The molecule has 3 atom stereocenters. The van der Waals surface area contributed by atoms with Crippen molar-refractivity contribution in [3.63, 3.8) is 0 Å². The van der Waals surface area contributed by atoms with Gasteiger partial charge < -0.3 is 19.9 Å². The van der Waals surface area contributed by atoms with Gasteiger partial charge in [-0.1, -0.05) is 41.6 Å². The van der Waals surface area contributed by atoms with E-state index in [0.29, 0.717) is 11.6 Å². The highest BCUT2D eigenvalue weighted by molar-refractivity contribution is 7.99. The molecule has 3 unspecified atom stereocenters. The van der Waals surface area contributed by atoms with Crippen LogP contribution < -0.4 is 20.1 Å². The van der Waals surface area contributed by atoms with Gasteiger partial charge in [0.05, 0.1) is 15.6 Å². The van der Waals surface area contributed by atoms with Crippen molar-refractivity contribution in [2.24, 2.45) is 0 Å². The fourth-order valence-electron chi connectivity index (χ4n) is 5.29. The van der Waals surface area contributed by atoms with Crippen LogP contribution in [0.4, 0.5) is 11.8 Å². The van der Waals surface area contributed by atoms with Gasteiger partial charge in [0.2, 0.25) is 5.95 Å². The maximum absolute atomic E-state index is 13.4. The Morgan fingerprint density at radius 2 is 2.02 bits per heavy atom. The van der Waals surface area contributed by atoms with Gasteiger partial charge in [0.1, 0.15) is 28.0 Å². The van der Waals surface area contributed by atoms with Gasteiger partial charge in [-0.2, -0.15) is 0 Å². The number of fused-ring (bicyclic) bond motifs is 2. The van der Waals surface area contributed by atoms with Crippen molar-refractivity contribution < 1.29 is 9.29 Å². The zero-order valence-corrected chi connectivity index (χ0v) is 25.2. The van der Waals surface area contributed by atoms with Crippen molar-refractivity contribution in [1.29, 1.82) is 0 Å². The number of rotatable bonds is 5. The first-order valence-corrected chi connectivity index (χ1v) is 15.5. The number of aryl methyl sites for hydroxylation is 1. The minimum absolute atomic E-state index is 0.193. The Labute approximate surface area is 246 Å². The lowest BCUT2D eigenvalue weighted by Gasteiger charge is -2.45. The molecule has 2 aliphatic heterocycles. The molecule has 12 heteroatoms. The van der Waals surface area contributed by atoms with Crippen LogP contribution in [0.3, 0.4) is 0 Å². The summed E-state index contributed by atoms with van der Waals surface area (Å²) in [6.45, 7) is 9.22. The van der Waals surface area contributed by atoms with Gasteiger partial charge >= 0.3 is 0 Å². The predicted molar refractivity (Wildman–Crippen MR) is 161 cm³/mol. The third-order valence-corrected chi connectivity index (χ3v) is 10.8. The molecule has 3 N–H and O–H groups in total. The average Bonchev–Trinajstić information content (AvgIpc) is 3.54. The predicted octanol–water partition coefficient (Wildman–Crippen LogP) is 4.82. The van der Waals surface area contributed by atoms with E-state index in [1.54, 1.807) is 12.4 Å². The topological polar surface area (TPSA) is 117 Å². The summed E-state index contributed by atoms with van der Waals surface area (Å²) in [5, 5.41) is 0.417. The highest BCUT2D eigenvalue weighted by Gasteiger charge is 2.52. The van der Waals surface area contributed by atoms with E-state index >= 15 is 0 Å². The van der Waals surface area contributed by atoms with Gasteiger partial charge in [0, 0.05) is 60.8 Å². The van der Waals surface area contributed by atoms with Crippen LogP contribution in [0.2, 0.25) is 5.02 Å². The van der Waals surface area contributed by atoms with Crippen molar-refractivity contribution in [1.82, 2.24) is 24.1 Å². The lowest BCUT2D eigenvalue weighted by atomic mass is 9.83. The summed E-state index contributed by atoms with van der Waals surface area (Å²) in [6, 6.07) is 9.83. The number of nitrogens with zero attached hydrogens (tertiary/aromatic N) is 5. The smallest absolute Gasteiger partial charge is 0.211 e. The molecule has 210 valence electrons. The lowest BCUT2D eigenvalue weighted by molar-refractivity contribution is 0.0402. The van der Waals surface area contributed by atoms with Crippen LogP contribution in [0.25, 0.3) is 5.65 Å². The molecule has 40 heavy (non-hydrogen) atoms. The standard InChI is InChI=1S/C28H32ClN7O2S2/c1-17-23(39-20-9-11-31-24(30)22(20)29)25-32-12-14-36(25)26(33-17)35-13-10-28(15-18-7-5-6-8-19(18)38-28)21(16-35)34-40(37)27(2,3)4/h5-9,11-12,14,21,34H,10,13,15-16H2,1-4H3,(H2,30,31). The van der Waals surface area contributed by atoms with E-state index in [1.807, 2.05) is 62.6 Å². The molecule has 1 spiro atoms. The fourth-order valence-corrected chi connectivity index (χ4v) is 7.40. The lowest BCUT2D eigenvalue weighted by Crippen LogP contribution is -2.66. The molecule has 0 radical (unpaired) electrons. The van der Waals surface area contributed by atoms with Crippen LogP contribution in [-0.2, 0) is 17.8 Å². The number of anilines is 2. The van der Waals surface area contributed by atoms with Crippen molar-refractivity contribution >= 4 is 52.1 Å². The number of benzene rings is 1. The molecule has 1 aromatic carbocycles.